The molecule has 0 aliphatic carbocycles. The van der Waals surface area contributed by atoms with Crippen LogP contribution in [0.25, 0.3) is 0 Å². The van der Waals surface area contributed by atoms with Crippen molar-refractivity contribution in [3.05, 3.63) is 34.0 Å². The highest BCUT2D eigenvalue weighted by molar-refractivity contribution is 7.14. The van der Waals surface area contributed by atoms with Gasteiger partial charge in [0.1, 0.15) is 0 Å². The summed E-state index contributed by atoms with van der Waals surface area (Å²) < 4.78 is 0. The number of aryl methyl sites for hydroxylation is 1. The van der Waals surface area contributed by atoms with E-state index in [2.05, 4.69) is 18.8 Å². The molecule has 1 amide bonds. The fourth-order valence-electron chi connectivity index (χ4n) is 1.01. The van der Waals surface area contributed by atoms with Crippen molar-refractivity contribution in [2.45, 2.75) is 20.3 Å². The zero-order valence-corrected chi connectivity index (χ0v) is 9.41. The summed E-state index contributed by atoms with van der Waals surface area (Å²) in [5, 5.41) is 2.81. The largest absolute Gasteiger partial charge is 0.348 e. The fourth-order valence-corrected chi connectivity index (χ4v) is 1.87. The average Bonchev–Trinajstić information content (AvgIpc) is 2.62. The van der Waals surface area contributed by atoms with Crippen molar-refractivity contribution in [2.24, 2.45) is 0 Å². The highest BCUT2D eigenvalue weighted by Gasteiger charge is 2.07. The van der Waals surface area contributed by atoms with E-state index in [1.54, 1.807) is 11.3 Å². The van der Waals surface area contributed by atoms with Crippen LogP contribution in [0.1, 0.15) is 28.4 Å². The van der Waals surface area contributed by atoms with E-state index < -0.39 is 0 Å². The first kappa shape index (κ1) is 11.0. The summed E-state index contributed by atoms with van der Waals surface area (Å²) in [6.45, 7) is 8.26. The van der Waals surface area contributed by atoms with Gasteiger partial charge >= 0.3 is 0 Å². The minimum atomic E-state index is -0.00213. The van der Waals surface area contributed by atoms with Gasteiger partial charge in [-0.05, 0) is 25.5 Å². The smallest absolute Gasteiger partial charge is 0.261 e. The number of hydrogen-bond acceptors (Lipinski definition) is 2. The predicted molar refractivity (Wildman–Crippen MR) is 60.8 cm³/mol. The van der Waals surface area contributed by atoms with Crippen LogP contribution in [0.5, 0.6) is 0 Å². The number of carbonyl (C=O) groups is 1. The highest BCUT2D eigenvalue weighted by atomic mass is 32.1. The Bertz CT molecular complexity index is 341. The molecule has 76 valence electrons. The topological polar surface area (TPSA) is 29.1 Å². The quantitative estimate of drug-likeness (QED) is 0.759. The molecule has 0 aliphatic rings. The molecule has 0 saturated carbocycles. The number of hydrogen-bond donors (Lipinski definition) is 1. The molecule has 0 bridgehead atoms. The van der Waals surface area contributed by atoms with Crippen LogP contribution in [0.4, 0.5) is 0 Å². The number of thiophene rings is 1. The van der Waals surface area contributed by atoms with Gasteiger partial charge in [0.25, 0.3) is 5.91 Å². The molecule has 2 nitrogen and oxygen atoms in total. The van der Waals surface area contributed by atoms with Gasteiger partial charge in [-0.3, -0.25) is 4.79 Å². The predicted octanol–water partition coefficient (Wildman–Crippen LogP) is 2.62. The monoisotopic (exact) mass is 209 g/mol. The van der Waals surface area contributed by atoms with Crippen LogP contribution in [-0.4, -0.2) is 12.5 Å². The first-order valence-electron chi connectivity index (χ1n) is 4.64. The highest BCUT2D eigenvalue weighted by Crippen LogP contribution is 2.16. The van der Waals surface area contributed by atoms with Crippen LogP contribution in [0, 0.1) is 0 Å². The Morgan fingerprint density at radius 3 is 2.79 bits per heavy atom. The Labute approximate surface area is 88.6 Å². The van der Waals surface area contributed by atoms with Gasteiger partial charge in [-0.1, -0.05) is 19.1 Å². The average molecular weight is 209 g/mol. The maximum Gasteiger partial charge on any atom is 0.261 e. The Morgan fingerprint density at radius 1 is 1.57 bits per heavy atom. The lowest BCUT2D eigenvalue weighted by Crippen LogP contribution is -2.23. The summed E-state index contributed by atoms with van der Waals surface area (Å²) >= 11 is 1.55. The van der Waals surface area contributed by atoms with E-state index in [9.17, 15) is 4.79 Å². The molecule has 3 heteroatoms. The normalized spacial score (nSPS) is 9.86. The van der Waals surface area contributed by atoms with Gasteiger partial charge < -0.3 is 5.32 Å². The first-order valence-corrected chi connectivity index (χ1v) is 5.46. The number of carbonyl (C=O) groups excluding carboxylic acids is 1. The molecule has 1 aromatic heterocycles. The van der Waals surface area contributed by atoms with Crippen LogP contribution in [0.15, 0.2) is 24.3 Å². The number of amides is 1. The minimum Gasteiger partial charge on any atom is -0.348 e. The van der Waals surface area contributed by atoms with E-state index >= 15 is 0 Å². The van der Waals surface area contributed by atoms with Crippen molar-refractivity contribution in [1.29, 1.82) is 0 Å². The Hall–Kier alpha value is -1.09. The molecule has 0 aliphatic heterocycles. The van der Waals surface area contributed by atoms with Crippen molar-refractivity contribution in [2.75, 3.05) is 6.54 Å². The summed E-state index contributed by atoms with van der Waals surface area (Å²) in [6, 6.07) is 3.87. The first-order chi connectivity index (χ1) is 6.63. The molecular weight excluding hydrogens is 194 g/mol. The van der Waals surface area contributed by atoms with Crippen LogP contribution in [0.3, 0.4) is 0 Å². The molecule has 0 fully saturated rings. The maximum atomic E-state index is 11.5. The second-order valence-electron chi connectivity index (χ2n) is 3.26. The van der Waals surface area contributed by atoms with Gasteiger partial charge in [0.15, 0.2) is 0 Å². The molecular formula is C11H15NOS. The van der Waals surface area contributed by atoms with Crippen molar-refractivity contribution < 1.29 is 4.79 Å². The lowest BCUT2D eigenvalue weighted by molar-refractivity contribution is 0.0961. The van der Waals surface area contributed by atoms with E-state index in [1.807, 2.05) is 19.1 Å². The van der Waals surface area contributed by atoms with Gasteiger partial charge in [0.05, 0.1) is 4.88 Å². The molecule has 0 atom stereocenters. The number of rotatable bonds is 4. The molecule has 0 spiro atoms. The van der Waals surface area contributed by atoms with Crippen molar-refractivity contribution in [3.63, 3.8) is 0 Å². The van der Waals surface area contributed by atoms with E-state index in [4.69, 9.17) is 0 Å². The molecule has 1 heterocycles. The van der Waals surface area contributed by atoms with Gasteiger partial charge in [0.2, 0.25) is 0 Å². The standard InChI is InChI=1S/C11H15NOS/c1-4-9-5-6-10(14-9)11(13)12-7-8(2)3/h5-6H,2,4,7H2,1,3H3,(H,12,13). The summed E-state index contributed by atoms with van der Waals surface area (Å²) in [5.74, 6) is -0.00213. The van der Waals surface area contributed by atoms with Crippen molar-refractivity contribution in [3.8, 4) is 0 Å². The summed E-state index contributed by atoms with van der Waals surface area (Å²) in [4.78, 5) is 13.6. The molecule has 0 unspecified atom stereocenters. The number of nitrogens with one attached hydrogen (secondary N) is 1. The third kappa shape index (κ3) is 3.00. The molecule has 14 heavy (non-hydrogen) atoms. The van der Waals surface area contributed by atoms with Crippen LogP contribution in [-0.2, 0) is 6.42 Å². The summed E-state index contributed by atoms with van der Waals surface area (Å²) in [6.07, 6.45) is 0.985. The van der Waals surface area contributed by atoms with Crippen LogP contribution < -0.4 is 5.32 Å². The third-order valence-electron chi connectivity index (χ3n) is 1.78. The molecule has 0 saturated heterocycles. The zero-order chi connectivity index (χ0) is 10.6. The van der Waals surface area contributed by atoms with E-state index in [0.717, 1.165) is 16.9 Å². The van der Waals surface area contributed by atoms with Gasteiger partial charge in [-0.2, -0.15) is 0 Å². The van der Waals surface area contributed by atoms with E-state index in [-0.39, 0.29) is 5.91 Å². The zero-order valence-electron chi connectivity index (χ0n) is 8.59. The van der Waals surface area contributed by atoms with Gasteiger partial charge in [0, 0.05) is 11.4 Å². The van der Waals surface area contributed by atoms with E-state index in [1.165, 1.54) is 4.88 Å². The van der Waals surface area contributed by atoms with Crippen molar-refractivity contribution in [1.82, 2.24) is 5.32 Å². The van der Waals surface area contributed by atoms with Gasteiger partial charge in [-0.25, -0.2) is 0 Å². The summed E-state index contributed by atoms with van der Waals surface area (Å²) in [7, 11) is 0. The fraction of sp³-hybridized carbons (Fsp3) is 0.364. The molecule has 0 aromatic carbocycles. The van der Waals surface area contributed by atoms with Gasteiger partial charge in [-0.15, -0.1) is 11.3 Å². The molecule has 0 radical (unpaired) electrons. The lowest BCUT2D eigenvalue weighted by atomic mass is 10.3. The molecule has 1 aromatic rings. The molecule has 1 rings (SSSR count). The van der Waals surface area contributed by atoms with Crippen LogP contribution >= 0.6 is 11.3 Å². The molecule has 1 N–H and O–H groups in total. The second kappa shape index (κ2) is 4.96. The lowest BCUT2D eigenvalue weighted by Gasteiger charge is -2.01. The Balaban J connectivity index is 2.56. The summed E-state index contributed by atoms with van der Waals surface area (Å²) in [5.41, 5.74) is 0.964. The second-order valence-corrected chi connectivity index (χ2v) is 4.43. The Morgan fingerprint density at radius 2 is 2.29 bits per heavy atom. The SMILES string of the molecule is C=C(C)CNC(=O)c1ccc(CC)s1. The Kier molecular flexibility index (Phi) is 3.89. The third-order valence-corrected chi connectivity index (χ3v) is 3.01. The minimum absolute atomic E-state index is 0.00213. The van der Waals surface area contributed by atoms with Crippen molar-refractivity contribution >= 4 is 17.2 Å². The van der Waals surface area contributed by atoms with Crippen LogP contribution in [0.2, 0.25) is 0 Å². The maximum absolute atomic E-state index is 11.5. The van der Waals surface area contributed by atoms with E-state index in [0.29, 0.717) is 6.54 Å².